The van der Waals surface area contributed by atoms with E-state index in [-0.39, 0.29) is 11.8 Å². The van der Waals surface area contributed by atoms with E-state index in [9.17, 15) is 4.79 Å². The fourth-order valence-electron chi connectivity index (χ4n) is 4.22. The van der Waals surface area contributed by atoms with Gasteiger partial charge in [0, 0.05) is 37.3 Å². The molecule has 9 nitrogen and oxygen atoms in total. The van der Waals surface area contributed by atoms with Crippen LogP contribution in [0.5, 0.6) is 0 Å². The third-order valence-corrected chi connectivity index (χ3v) is 5.72. The van der Waals surface area contributed by atoms with Gasteiger partial charge >= 0.3 is 0 Å². The van der Waals surface area contributed by atoms with E-state index in [0.717, 1.165) is 24.1 Å². The highest BCUT2D eigenvalue weighted by molar-refractivity contribution is 5.81. The maximum Gasteiger partial charge on any atom is 0.227 e. The molecule has 5 rings (SSSR count). The second kappa shape index (κ2) is 6.15. The number of aromatic nitrogens is 5. The standard InChI is InChI=1S/C19H22N8O/c1-10(2)27-9-23-13-6-22-16(5-14(13)27)24-15-3-4-21-19(25-15)26-7-11-12(8-26)17(11)18(20)28/h3-6,9-12,17H,7-8H2,1-2H3,(H2,20,28)(H,21,22,24,25). The largest absolute Gasteiger partial charge is 0.369 e. The number of fused-ring (bicyclic) bond motifs is 2. The lowest BCUT2D eigenvalue weighted by molar-refractivity contribution is -0.119. The van der Waals surface area contributed by atoms with Crippen molar-refractivity contribution in [3.8, 4) is 0 Å². The summed E-state index contributed by atoms with van der Waals surface area (Å²) in [5, 5.41) is 3.26. The SMILES string of the molecule is CC(C)n1cnc2cnc(Nc3ccnc(N4CC5C(C4)C5C(N)=O)n3)cc21. The van der Waals surface area contributed by atoms with Crippen molar-refractivity contribution < 1.29 is 4.79 Å². The lowest BCUT2D eigenvalue weighted by Gasteiger charge is -2.19. The Kier molecular flexibility index (Phi) is 3.71. The molecule has 1 saturated heterocycles. The molecule has 1 amide bonds. The third kappa shape index (κ3) is 2.74. The number of nitrogens with zero attached hydrogens (tertiary/aromatic N) is 6. The number of hydrogen-bond acceptors (Lipinski definition) is 7. The molecule has 28 heavy (non-hydrogen) atoms. The first-order chi connectivity index (χ1) is 13.5. The van der Waals surface area contributed by atoms with E-state index in [1.54, 1.807) is 12.4 Å². The normalized spacial score (nSPS) is 23.2. The van der Waals surface area contributed by atoms with Crippen molar-refractivity contribution >= 4 is 34.5 Å². The molecule has 2 atom stereocenters. The molecule has 0 spiro atoms. The molecule has 144 valence electrons. The zero-order valence-corrected chi connectivity index (χ0v) is 15.8. The summed E-state index contributed by atoms with van der Waals surface area (Å²) in [6.07, 6.45) is 5.33. The molecule has 1 aliphatic heterocycles. The average Bonchev–Trinajstić information content (AvgIpc) is 3.02. The molecular weight excluding hydrogens is 356 g/mol. The van der Waals surface area contributed by atoms with Crippen LogP contribution in [0.25, 0.3) is 11.0 Å². The molecule has 2 unspecified atom stereocenters. The van der Waals surface area contributed by atoms with Crippen molar-refractivity contribution in [2.24, 2.45) is 23.5 Å². The maximum atomic E-state index is 11.4. The van der Waals surface area contributed by atoms with E-state index >= 15 is 0 Å². The van der Waals surface area contributed by atoms with Crippen molar-refractivity contribution in [2.75, 3.05) is 23.3 Å². The Morgan fingerprint density at radius 1 is 1.21 bits per heavy atom. The number of nitrogens with two attached hydrogens (primary N) is 1. The van der Waals surface area contributed by atoms with Crippen LogP contribution >= 0.6 is 0 Å². The van der Waals surface area contributed by atoms with Crippen LogP contribution in [0.4, 0.5) is 17.6 Å². The van der Waals surface area contributed by atoms with Crippen LogP contribution in [-0.4, -0.2) is 43.5 Å². The summed E-state index contributed by atoms with van der Waals surface area (Å²) >= 11 is 0. The lowest BCUT2D eigenvalue weighted by Crippen LogP contribution is -2.29. The van der Waals surface area contributed by atoms with Gasteiger partial charge in [-0.15, -0.1) is 0 Å². The van der Waals surface area contributed by atoms with Crippen LogP contribution in [0.3, 0.4) is 0 Å². The fourth-order valence-corrected chi connectivity index (χ4v) is 4.22. The number of rotatable bonds is 5. The van der Waals surface area contributed by atoms with Gasteiger partial charge in [-0.2, -0.15) is 4.98 Å². The van der Waals surface area contributed by atoms with Crippen LogP contribution in [0.1, 0.15) is 19.9 Å². The Morgan fingerprint density at radius 3 is 2.71 bits per heavy atom. The molecule has 9 heteroatoms. The second-order valence-electron chi connectivity index (χ2n) is 7.83. The van der Waals surface area contributed by atoms with E-state index in [0.29, 0.717) is 35.5 Å². The third-order valence-electron chi connectivity index (χ3n) is 5.72. The number of primary amides is 1. The van der Waals surface area contributed by atoms with Crippen LogP contribution in [0.15, 0.2) is 30.9 Å². The Labute approximate surface area is 162 Å². The molecule has 0 bridgehead atoms. The minimum Gasteiger partial charge on any atom is -0.369 e. The molecule has 3 aromatic heterocycles. The Bertz CT molecular complexity index is 1050. The van der Waals surface area contributed by atoms with Crippen LogP contribution in [0.2, 0.25) is 0 Å². The van der Waals surface area contributed by atoms with Crippen molar-refractivity contribution in [2.45, 2.75) is 19.9 Å². The van der Waals surface area contributed by atoms with Crippen LogP contribution in [0, 0.1) is 17.8 Å². The first-order valence-corrected chi connectivity index (χ1v) is 9.48. The number of carbonyl (C=O) groups is 1. The van der Waals surface area contributed by atoms with E-state index in [4.69, 9.17) is 5.73 Å². The summed E-state index contributed by atoms with van der Waals surface area (Å²) in [4.78, 5) is 31.3. The smallest absolute Gasteiger partial charge is 0.227 e. The summed E-state index contributed by atoms with van der Waals surface area (Å²) < 4.78 is 2.11. The molecular formula is C19H22N8O. The van der Waals surface area contributed by atoms with Gasteiger partial charge in [0.1, 0.15) is 17.2 Å². The zero-order chi connectivity index (χ0) is 19.4. The number of pyridine rings is 1. The molecule has 2 aliphatic rings. The van der Waals surface area contributed by atoms with Crippen LogP contribution < -0.4 is 16.0 Å². The fraction of sp³-hybridized carbons (Fsp3) is 0.421. The Hall–Kier alpha value is -3.23. The Morgan fingerprint density at radius 2 is 2.00 bits per heavy atom. The molecule has 0 aromatic carbocycles. The number of hydrogen-bond donors (Lipinski definition) is 2. The number of carbonyl (C=O) groups excluding carboxylic acids is 1. The van der Waals surface area contributed by atoms with E-state index in [1.807, 2.05) is 18.5 Å². The molecule has 2 fully saturated rings. The maximum absolute atomic E-state index is 11.4. The lowest BCUT2D eigenvalue weighted by atomic mass is 10.2. The zero-order valence-electron chi connectivity index (χ0n) is 15.8. The monoisotopic (exact) mass is 378 g/mol. The molecule has 3 N–H and O–H groups in total. The highest BCUT2D eigenvalue weighted by atomic mass is 16.1. The highest BCUT2D eigenvalue weighted by Gasteiger charge is 2.59. The van der Waals surface area contributed by atoms with Gasteiger partial charge < -0.3 is 20.5 Å². The first-order valence-electron chi connectivity index (χ1n) is 9.48. The van der Waals surface area contributed by atoms with Gasteiger partial charge in [-0.1, -0.05) is 0 Å². The van der Waals surface area contributed by atoms with Crippen molar-refractivity contribution in [1.82, 2.24) is 24.5 Å². The van der Waals surface area contributed by atoms with Crippen LogP contribution in [-0.2, 0) is 4.79 Å². The minimum atomic E-state index is -0.187. The van der Waals surface area contributed by atoms with Gasteiger partial charge in [0.05, 0.1) is 18.0 Å². The number of imidazole rings is 1. The van der Waals surface area contributed by atoms with E-state index < -0.39 is 0 Å². The van der Waals surface area contributed by atoms with E-state index in [2.05, 4.69) is 48.6 Å². The summed E-state index contributed by atoms with van der Waals surface area (Å²) in [6, 6.07) is 4.11. The summed E-state index contributed by atoms with van der Waals surface area (Å²) in [5.74, 6) is 2.58. The first kappa shape index (κ1) is 16.9. The molecule has 0 radical (unpaired) electrons. The quantitative estimate of drug-likeness (QED) is 0.694. The summed E-state index contributed by atoms with van der Waals surface area (Å²) in [5.41, 5.74) is 7.32. The molecule has 4 heterocycles. The highest BCUT2D eigenvalue weighted by Crippen LogP contribution is 2.51. The van der Waals surface area contributed by atoms with Gasteiger partial charge in [0.2, 0.25) is 11.9 Å². The molecule has 1 aliphatic carbocycles. The number of piperidine rings is 1. The predicted molar refractivity (Wildman–Crippen MR) is 105 cm³/mol. The van der Waals surface area contributed by atoms with Gasteiger partial charge in [-0.25, -0.2) is 15.0 Å². The van der Waals surface area contributed by atoms with Gasteiger partial charge in [0.15, 0.2) is 0 Å². The average molecular weight is 378 g/mol. The van der Waals surface area contributed by atoms with Crippen molar-refractivity contribution in [3.05, 3.63) is 30.9 Å². The van der Waals surface area contributed by atoms with Gasteiger partial charge in [-0.3, -0.25) is 4.79 Å². The van der Waals surface area contributed by atoms with Crippen molar-refractivity contribution in [1.29, 1.82) is 0 Å². The Balaban J connectivity index is 1.34. The molecule has 1 saturated carbocycles. The topological polar surface area (TPSA) is 115 Å². The predicted octanol–water partition coefficient (Wildman–Crippen LogP) is 1.71. The number of anilines is 3. The summed E-state index contributed by atoms with van der Waals surface area (Å²) in [6.45, 7) is 5.79. The number of nitrogens with one attached hydrogen (secondary N) is 1. The van der Waals surface area contributed by atoms with Gasteiger partial charge in [-0.05, 0) is 31.7 Å². The number of amides is 1. The second-order valence-corrected chi connectivity index (χ2v) is 7.83. The summed E-state index contributed by atoms with van der Waals surface area (Å²) in [7, 11) is 0. The molecule has 3 aromatic rings. The van der Waals surface area contributed by atoms with Crippen molar-refractivity contribution in [3.63, 3.8) is 0 Å². The van der Waals surface area contributed by atoms with E-state index in [1.165, 1.54) is 0 Å². The minimum absolute atomic E-state index is 0.0271. The van der Waals surface area contributed by atoms with Gasteiger partial charge in [0.25, 0.3) is 0 Å².